The molecule has 7 heteroatoms. The third kappa shape index (κ3) is 4.70. The van der Waals surface area contributed by atoms with E-state index in [9.17, 15) is 14.4 Å². The van der Waals surface area contributed by atoms with Gasteiger partial charge in [-0.1, -0.05) is 24.3 Å². The van der Waals surface area contributed by atoms with Gasteiger partial charge in [-0.2, -0.15) is 0 Å². The van der Waals surface area contributed by atoms with E-state index < -0.39 is 11.9 Å². The van der Waals surface area contributed by atoms with Gasteiger partial charge in [0.1, 0.15) is 11.9 Å². The lowest BCUT2D eigenvalue weighted by molar-refractivity contribution is -0.135. The summed E-state index contributed by atoms with van der Waals surface area (Å²) in [6, 6.07) is 4.74. The summed E-state index contributed by atoms with van der Waals surface area (Å²) in [6.07, 6.45) is 6.19. The Labute approximate surface area is 181 Å². The van der Waals surface area contributed by atoms with Crippen LogP contribution in [0.1, 0.15) is 62.4 Å². The van der Waals surface area contributed by atoms with Crippen LogP contribution in [-0.2, 0) is 9.59 Å². The van der Waals surface area contributed by atoms with Crippen LogP contribution in [0.2, 0.25) is 0 Å². The molecule has 31 heavy (non-hydrogen) atoms. The third-order valence-corrected chi connectivity index (χ3v) is 6.08. The maximum absolute atomic E-state index is 13.4. The summed E-state index contributed by atoms with van der Waals surface area (Å²) in [6.45, 7) is 5.14. The molecule has 2 aliphatic rings. The Morgan fingerprint density at radius 3 is 2.74 bits per heavy atom. The van der Waals surface area contributed by atoms with E-state index in [1.807, 2.05) is 12.1 Å². The number of hydrogen-bond donors (Lipinski definition) is 1. The van der Waals surface area contributed by atoms with Gasteiger partial charge in [-0.25, -0.2) is 4.98 Å². The smallest absolute Gasteiger partial charge is 0.263 e. The number of nitrogens with one attached hydrogen (secondary N) is 1. The van der Waals surface area contributed by atoms with Crippen LogP contribution in [0.5, 0.6) is 0 Å². The van der Waals surface area contributed by atoms with Gasteiger partial charge >= 0.3 is 0 Å². The van der Waals surface area contributed by atoms with E-state index in [1.54, 1.807) is 13.0 Å². The number of amides is 2. The number of benzene rings is 1. The summed E-state index contributed by atoms with van der Waals surface area (Å²) in [5.41, 5.74) is 0.926. The summed E-state index contributed by atoms with van der Waals surface area (Å²) < 4.78 is 1.41. The van der Waals surface area contributed by atoms with Crippen LogP contribution in [0.25, 0.3) is 10.9 Å². The Hall–Kier alpha value is -2.98. The highest BCUT2D eigenvalue weighted by atomic mass is 16.2. The zero-order valence-corrected chi connectivity index (χ0v) is 17.9. The molecule has 7 nitrogen and oxygen atoms in total. The molecule has 2 fully saturated rings. The summed E-state index contributed by atoms with van der Waals surface area (Å²) >= 11 is 0. The number of nitrogens with zero attached hydrogens (tertiary/aromatic N) is 3. The second kappa shape index (κ2) is 9.44. The van der Waals surface area contributed by atoms with Gasteiger partial charge in [-0.15, -0.1) is 0 Å². The minimum atomic E-state index is -0.729. The molecule has 0 bridgehead atoms. The number of aryl methyl sites for hydroxylation is 1. The maximum Gasteiger partial charge on any atom is 0.263 e. The first kappa shape index (κ1) is 21.3. The lowest BCUT2D eigenvalue weighted by Gasteiger charge is -2.25. The summed E-state index contributed by atoms with van der Waals surface area (Å²) in [7, 11) is 0. The second-order valence-corrected chi connectivity index (χ2v) is 8.31. The molecule has 1 atom stereocenters. The number of aromatic nitrogens is 2. The van der Waals surface area contributed by atoms with Crippen LogP contribution in [0.3, 0.4) is 0 Å². The van der Waals surface area contributed by atoms with Crippen molar-refractivity contribution in [2.75, 3.05) is 19.6 Å². The van der Waals surface area contributed by atoms with E-state index in [1.165, 1.54) is 36.9 Å². The fourth-order valence-corrected chi connectivity index (χ4v) is 4.49. The Morgan fingerprint density at radius 2 is 1.97 bits per heavy atom. The largest absolute Gasteiger partial charge is 0.303 e. The number of hydrogen-bond acceptors (Lipinski definition) is 5. The first-order valence-electron chi connectivity index (χ1n) is 11.1. The lowest BCUT2D eigenvalue weighted by Crippen LogP contribution is -2.45. The number of carbonyl (C=O) groups excluding carboxylic acids is 2. The van der Waals surface area contributed by atoms with Crippen molar-refractivity contribution in [1.82, 2.24) is 19.8 Å². The molecular weight excluding hydrogens is 392 g/mol. The maximum atomic E-state index is 13.4. The molecule has 2 aliphatic heterocycles. The highest BCUT2D eigenvalue weighted by molar-refractivity contribution is 5.99. The Morgan fingerprint density at radius 1 is 1.16 bits per heavy atom. The topological polar surface area (TPSA) is 84.3 Å². The van der Waals surface area contributed by atoms with Gasteiger partial charge in [0.15, 0.2) is 0 Å². The average molecular weight is 421 g/mol. The van der Waals surface area contributed by atoms with Gasteiger partial charge in [0.05, 0.1) is 10.9 Å². The molecular formula is C24H28N4O3. The van der Waals surface area contributed by atoms with E-state index in [2.05, 4.69) is 27.0 Å². The molecule has 1 aromatic heterocycles. The number of fused-ring (bicyclic) bond motifs is 1. The van der Waals surface area contributed by atoms with Gasteiger partial charge in [0, 0.05) is 18.4 Å². The van der Waals surface area contributed by atoms with Crippen molar-refractivity contribution in [3.63, 3.8) is 0 Å². The molecule has 0 radical (unpaired) electrons. The highest BCUT2D eigenvalue weighted by Crippen LogP contribution is 2.21. The predicted octanol–water partition coefficient (Wildman–Crippen LogP) is 2.30. The number of likely N-dealkylation sites (tertiary alicyclic amines) is 1. The molecule has 0 aliphatic carbocycles. The van der Waals surface area contributed by atoms with Crippen molar-refractivity contribution in [2.45, 2.75) is 57.9 Å². The molecule has 1 unspecified atom stereocenters. The van der Waals surface area contributed by atoms with E-state index in [0.717, 1.165) is 19.4 Å². The number of carbonyl (C=O) groups is 2. The Kier molecular flexibility index (Phi) is 6.47. The van der Waals surface area contributed by atoms with Gasteiger partial charge in [0.25, 0.3) is 5.56 Å². The minimum Gasteiger partial charge on any atom is -0.303 e. The monoisotopic (exact) mass is 420 g/mol. The second-order valence-electron chi connectivity index (χ2n) is 8.31. The van der Waals surface area contributed by atoms with Crippen LogP contribution >= 0.6 is 0 Å². The van der Waals surface area contributed by atoms with Gasteiger partial charge < -0.3 is 4.90 Å². The quantitative estimate of drug-likeness (QED) is 0.466. The molecule has 0 saturated carbocycles. The third-order valence-electron chi connectivity index (χ3n) is 6.08. The highest BCUT2D eigenvalue weighted by Gasteiger charge is 2.30. The molecule has 2 amide bonds. The molecule has 4 rings (SSSR count). The molecule has 2 aromatic rings. The Balaban J connectivity index is 1.58. The number of imide groups is 1. The fourth-order valence-electron chi connectivity index (χ4n) is 4.49. The van der Waals surface area contributed by atoms with Gasteiger partial charge in [-0.05, 0) is 64.4 Å². The molecule has 0 spiro atoms. The van der Waals surface area contributed by atoms with Crippen LogP contribution in [0.4, 0.5) is 0 Å². The van der Waals surface area contributed by atoms with Gasteiger partial charge in [-0.3, -0.25) is 24.3 Å². The number of rotatable bonds is 4. The van der Waals surface area contributed by atoms with Crippen LogP contribution in [-0.4, -0.2) is 45.9 Å². The van der Waals surface area contributed by atoms with Crippen molar-refractivity contribution in [3.05, 3.63) is 39.9 Å². The van der Waals surface area contributed by atoms with E-state index in [4.69, 9.17) is 0 Å². The Bertz CT molecular complexity index is 1120. The zero-order valence-electron chi connectivity index (χ0n) is 17.9. The van der Waals surface area contributed by atoms with Crippen molar-refractivity contribution >= 4 is 22.7 Å². The number of unbranched alkanes of at least 4 members (excludes halogenated alkanes) is 1. The molecule has 2 saturated heterocycles. The standard InChI is InChI=1S/C24H28N4O3/c1-17-25-19-11-8-10-18(9-4-2-5-14-27-15-6-3-7-16-27)22(19)24(31)28(17)20-12-13-21(29)26-23(20)30/h8,10-11,20H,2-3,5-7,12-16H2,1H3,(H,26,29,30). The first-order valence-corrected chi connectivity index (χ1v) is 11.1. The zero-order chi connectivity index (χ0) is 21.8. The predicted molar refractivity (Wildman–Crippen MR) is 119 cm³/mol. The molecule has 1 aromatic carbocycles. The van der Waals surface area contributed by atoms with Crippen LogP contribution < -0.4 is 10.9 Å². The van der Waals surface area contributed by atoms with E-state index >= 15 is 0 Å². The van der Waals surface area contributed by atoms with Crippen molar-refractivity contribution in [2.24, 2.45) is 0 Å². The van der Waals surface area contributed by atoms with Gasteiger partial charge in [0.2, 0.25) is 11.8 Å². The summed E-state index contributed by atoms with van der Waals surface area (Å²) in [5.74, 6) is 6.06. The van der Waals surface area contributed by atoms with E-state index in [0.29, 0.717) is 28.7 Å². The fraction of sp³-hybridized carbons (Fsp3) is 0.500. The normalized spacial score (nSPS) is 19.7. The summed E-state index contributed by atoms with van der Waals surface area (Å²) in [4.78, 5) is 44.3. The average Bonchev–Trinajstić information content (AvgIpc) is 2.75. The van der Waals surface area contributed by atoms with Crippen molar-refractivity contribution in [1.29, 1.82) is 0 Å². The molecule has 3 heterocycles. The van der Waals surface area contributed by atoms with E-state index in [-0.39, 0.29) is 17.9 Å². The van der Waals surface area contributed by atoms with Crippen molar-refractivity contribution < 1.29 is 9.59 Å². The van der Waals surface area contributed by atoms with Crippen LogP contribution in [0, 0.1) is 18.8 Å². The molecule has 1 N–H and O–H groups in total. The lowest BCUT2D eigenvalue weighted by atomic mass is 10.0. The number of piperidine rings is 2. The minimum absolute atomic E-state index is 0.207. The SMILES string of the molecule is Cc1nc2cccc(C#CCCCN3CCCCC3)c2c(=O)n1C1CCC(=O)NC1=O. The summed E-state index contributed by atoms with van der Waals surface area (Å²) in [5, 5.41) is 2.75. The first-order chi connectivity index (χ1) is 15.0. The van der Waals surface area contributed by atoms with Crippen LogP contribution in [0.15, 0.2) is 23.0 Å². The van der Waals surface area contributed by atoms with Crippen molar-refractivity contribution in [3.8, 4) is 11.8 Å². The molecule has 162 valence electrons.